The second-order valence-corrected chi connectivity index (χ2v) is 4.47. The summed E-state index contributed by atoms with van der Waals surface area (Å²) in [6.07, 6.45) is -0.0374. The van der Waals surface area contributed by atoms with Gasteiger partial charge in [0.2, 0.25) is 5.91 Å². The number of primary amides is 1. The lowest BCUT2D eigenvalue weighted by Crippen LogP contribution is -2.34. The van der Waals surface area contributed by atoms with Gasteiger partial charge < -0.3 is 11.1 Å². The van der Waals surface area contributed by atoms with Crippen LogP contribution in [0.2, 0.25) is 0 Å². The molecule has 0 spiro atoms. The SMILES string of the molecule is NC(=O)C[C@@H]1NC(=S)N(Cc2ccccc2)C1=O. The van der Waals surface area contributed by atoms with Crippen LogP contribution in [0.25, 0.3) is 0 Å². The maximum Gasteiger partial charge on any atom is 0.252 e. The molecule has 1 heterocycles. The van der Waals surface area contributed by atoms with Gasteiger partial charge in [0.1, 0.15) is 6.04 Å². The molecule has 0 radical (unpaired) electrons. The molecule has 1 aromatic carbocycles. The van der Waals surface area contributed by atoms with E-state index in [0.717, 1.165) is 5.56 Å². The third kappa shape index (κ3) is 2.65. The lowest BCUT2D eigenvalue weighted by Gasteiger charge is -2.14. The molecule has 3 N–H and O–H groups in total. The number of carbonyl (C=O) groups excluding carboxylic acids is 2. The van der Waals surface area contributed by atoms with Gasteiger partial charge in [-0.3, -0.25) is 14.5 Å². The number of rotatable bonds is 4. The minimum Gasteiger partial charge on any atom is -0.370 e. The van der Waals surface area contributed by atoms with Crippen molar-refractivity contribution in [1.29, 1.82) is 0 Å². The molecule has 18 heavy (non-hydrogen) atoms. The Labute approximate surface area is 110 Å². The van der Waals surface area contributed by atoms with Gasteiger partial charge in [0.25, 0.3) is 5.91 Å². The zero-order valence-electron chi connectivity index (χ0n) is 9.63. The molecule has 94 valence electrons. The maximum absolute atomic E-state index is 12.0. The fourth-order valence-electron chi connectivity index (χ4n) is 1.83. The Hall–Kier alpha value is -1.95. The first-order valence-corrected chi connectivity index (χ1v) is 5.93. The van der Waals surface area contributed by atoms with Crippen molar-refractivity contribution >= 4 is 29.1 Å². The topological polar surface area (TPSA) is 75.4 Å². The van der Waals surface area contributed by atoms with Gasteiger partial charge in [-0.25, -0.2) is 0 Å². The van der Waals surface area contributed by atoms with Crippen LogP contribution in [-0.4, -0.2) is 27.9 Å². The Kier molecular flexibility index (Phi) is 3.57. The number of thiocarbonyl (C=S) groups is 1. The number of nitrogens with two attached hydrogens (primary N) is 1. The second kappa shape index (κ2) is 5.14. The Bertz CT molecular complexity index is 489. The molecule has 0 bridgehead atoms. The van der Waals surface area contributed by atoms with Crippen molar-refractivity contribution in [2.75, 3.05) is 0 Å². The fraction of sp³-hybridized carbons (Fsp3) is 0.250. The minimum atomic E-state index is -0.626. The first kappa shape index (κ1) is 12.5. The van der Waals surface area contributed by atoms with Crippen LogP contribution in [0, 0.1) is 0 Å². The third-order valence-electron chi connectivity index (χ3n) is 2.70. The fourth-order valence-corrected chi connectivity index (χ4v) is 2.13. The van der Waals surface area contributed by atoms with E-state index in [0.29, 0.717) is 11.7 Å². The minimum absolute atomic E-state index is 0.0374. The zero-order chi connectivity index (χ0) is 13.1. The van der Waals surface area contributed by atoms with Crippen LogP contribution in [0.3, 0.4) is 0 Å². The first-order valence-electron chi connectivity index (χ1n) is 5.52. The Morgan fingerprint density at radius 1 is 1.39 bits per heavy atom. The summed E-state index contributed by atoms with van der Waals surface area (Å²) in [7, 11) is 0. The van der Waals surface area contributed by atoms with Gasteiger partial charge >= 0.3 is 0 Å². The number of amides is 2. The third-order valence-corrected chi connectivity index (χ3v) is 3.03. The lowest BCUT2D eigenvalue weighted by atomic mass is 10.2. The van der Waals surface area contributed by atoms with Crippen LogP contribution in [-0.2, 0) is 16.1 Å². The average Bonchev–Trinajstić information content (AvgIpc) is 2.58. The molecule has 2 amide bonds. The normalized spacial score (nSPS) is 18.9. The van der Waals surface area contributed by atoms with Crippen molar-refractivity contribution in [2.24, 2.45) is 5.73 Å². The highest BCUT2D eigenvalue weighted by Crippen LogP contribution is 2.13. The molecule has 1 aliphatic heterocycles. The Morgan fingerprint density at radius 2 is 2.06 bits per heavy atom. The van der Waals surface area contributed by atoms with Gasteiger partial charge in [0.15, 0.2) is 5.11 Å². The number of nitrogens with one attached hydrogen (secondary N) is 1. The summed E-state index contributed by atoms with van der Waals surface area (Å²) in [4.78, 5) is 24.3. The highest BCUT2D eigenvalue weighted by molar-refractivity contribution is 7.80. The van der Waals surface area contributed by atoms with Crippen LogP contribution in [0.4, 0.5) is 0 Å². The molecule has 0 saturated carbocycles. The van der Waals surface area contributed by atoms with E-state index < -0.39 is 11.9 Å². The van der Waals surface area contributed by atoms with E-state index >= 15 is 0 Å². The van der Waals surface area contributed by atoms with E-state index in [4.69, 9.17) is 18.0 Å². The van der Waals surface area contributed by atoms with Crippen LogP contribution in [0.5, 0.6) is 0 Å². The van der Waals surface area contributed by atoms with Crippen LogP contribution >= 0.6 is 12.2 Å². The molecule has 1 fully saturated rings. The predicted molar refractivity (Wildman–Crippen MR) is 70.3 cm³/mol. The van der Waals surface area contributed by atoms with E-state index in [1.165, 1.54) is 4.90 Å². The maximum atomic E-state index is 12.0. The highest BCUT2D eigenvalue weighted by Gasteiger charge is 2.35. The largest absolute Gasteiger partial charge is 0.370 e. The summed E-state index contributed by atoms with van der Waals surface area (Å²) in [6.45, 7) is 0.404. The highest BCUT2D eigenvalue weighted by atomic mass is 32.1. The van der Waals surface area contributed by atoms with E-state index in [9.17, 15) is 9.59 Å². The van der Waals surface area contributed by atoms with Gasteiger partial charge in [-0.2, -0.15) is 0 Å². The molecule has 5 nitrogen and oxygen atoms in total. The molecule has 0 aliphatic carbocycles. The molecule has 1 aliphatic rings. The number of hydrogen-bond donors (Lipinski definition) is 2. The van der Waals surface area contributed by atoms with Gasteiger partial charge in [0.05, 0.1) is 13.0 Å². The summed E-state index contributed by atoms with van der Waals surface area (Å²) >= 11 is 5.09. The molecular formula is C12H13N3O2S. The van der Waals surface area contributed by atoms with Crippen molar-refractivity contribution in [2.45, 2.75) is 19.0 Å². The predicted octanol–water partition coefficient (Wildman–Crippen LogP) is 0.147. The number of benzene rings is 1. The van der Waals surface area contributed by atoms with Gasteiger partial charge in [0, 0.05) is 0 Å². The van der Waals surface area contributed by atoms with Crippen molar-refractivity contribution in [1.82, 2.24) is 10.2 Å². The zero-order valence-corrected chi connectivity index (χ0v) is 10.4. The molecular weight excluding hydrogens is 250 g/mol. The summed E-state index contributed by atoms with van der Waals surface area (Å²) in [5.74, 6) is -0.729. The number of carbonyl (C=O) groups is 2. The van der Waals surface area contributed by atoms with Gasteiger partial charge in [-0.1, -0.05) is 30.3 Å². The summed E-state index contributed by atoms with van der Waals surface area (Å²) < 4.78 is 0. The Morgan fingerprint density at radius 3 is 2.67 bits per heavy atom. The average molecular weight is 263 g/mol. The first-order chi connectivity index (χ1) is 8.58. The summed E-state index contributed by atoms with van der Waals surface area (Å²) in [6, 6.07) is 8.90. The van der Waals surface area contributed by atoms with Crippen molar-refractivity contribution in [3.8, 4) is 0 Å². The van der Waals surface area contributed by atoms with Crippen molar-refractivity contribution in [3.05, 3.63) is 35.9 Å². The molecule has 1 aromatic rings. The van der Waals surface area contributed by atoms with Crippen molar-refractivity contribution in [3.63, 3.8) is 0 Å². The van der Waals surface area contributed by atoms with E-state index in [-0.39, 0.29) is 12.3 Å². The monoisotopic (exact) mass is 263 g/mol. The van der Waals surface area contributed by atoms with Crippen LogP contribution in [0.1, 0.15) is 12.0 Å². The molecule has 0 aromatic heterocycles. The molecule has 1 saturated heterocycles. The lowest BCUT2D eigenvalue weighted by molar-refractivity contribution is -0.130. The Balaban J connectivity index is 2.08. The summed E-state index contributed by atoms with van der Waals surface area (Å²) in [5.41, 5.74) is 6.07. The molecule has 0 unspecified atom stereocenters. The van der Waals surface area contributed by atoms with Crippen LogP contribution < -0.4 is 11.1 Å². The van der Waals surface area contributed by atoms with E-state index in [1.54, 1.807) is 0 Å². The smallest absolute Gasteiger partial charge is 0.252 e. The van der Waals surface area contributed by atoms with E-state index in [1.807, 2.05) is 30.3 Å². The number of nitrogens with zero attached hydrogens (tertiary/aromatic N) is 1. The second-order valence-electron chi connectivity index (χ2n) is 4.08. The number of hydrogen-bond acceptors (Lipinski definition) is 3. The molecule has 6 heteroatoms. The standard InChI is InChI=1S/C12H13N3O2S/c13-10(16)6-9-11(17)15(12(18)14-9)7-8-4-2-1-3-5-8/h1-5,9H,6-7H2,(H2,13,16)(H,14,18)/t9-/m0/s1. The van der Waals surface area contributed by atoms with E-state index in [2.05, 4.69) is 5.32 Å². The molecule has 1 atom stereocenters. The van der Waals surface area contributed by atoms with Gasteiger partial charge in [-0.05, 0) is 17.8 Å². The summed E-state index contributed by atoms with van der Waals surface area (Å²) in [5, 5.41) is 3.15. The van der Waals surface area contributed by atoms with Crippen LogP contribution in [0.15, 0.2) is 30.3 Å². The quantitative estimate of drug-likeness (QED) is 0.758. The van der Waals surface area contributed by atoms with Gasteiger partial charge in [-0.15, -0.1) is 0 Å². The molecule has 2 rings (SSSR count). The van der Waals surface area contributed by atoms with Crippen molar-refractivity contribution < 1.29 is 9.59 Å².